The summed E-state index contributed by atoms with van der Waals surface area (Å²) in [6, 6.07) is 8.57. The number of hydrogen-bond donors (Lipinski definition) is 5. The van der Waals surface area contributed by atoms with E-state index in [2.05, 4.69) is 10.5 Å². The average molecular weight is 635 g/mol. The SMILES string of the molecule is CC/C(=N\OCc1ccc(F)cc1)[C@H]1O[C@@H](Oc2ccc(/C=C(\C)C(=O)N[C@@H]3[C@H](O)[C@@H](O)[C@H]4OCO[C@H]4[C@@H]3O)cc2F)C[C@@H]1O. The minimum Gasteiger partial charge on any atom is -0.462 e. The van der Waals surface area contributed by atoms with Gasteiger partial charge < -0.3 is 49.5 Å². The van der Waals surface area contributed by atoms with Crippen LogP contribution < -0.4 is 10.1 Å². The first-order chi connectivity index (χ1) is 21.5. The molecule has 2 heterocycles. The third kappa shape index (κ3) is 7.49. The molecule has 3 fully saturated rings. The molecule has 0 radical (unpaired) electrons. The number of aliphatic hydroxyl groups excluding tert-OH is 4. The van der Waals surface area contributed by atoms with E-state index in [0.717, 1.165) is 6.07 Å². The maximum absolute atomic E-state index is 15.0. The fourth-order valence-electron chi connectivity index (χ4n) is 5.48. The van der Waals surface area contributed by atoms with Gasteiger partial charge in [0, 0.05) is 12.0 Å². The van der Waals surface area contributed by atoms with E-state index < -0.39 is 66.8 Å². The highest BCUT2D eigenvalue weighted by molar-refractivity contribution is 5.97. The molecule has 3 aliphatic rings. The number of fused-ring (bicyclic) bond motifs is 1. The quantitative estimate of drug-likeness (QED) is 0.147. The monoisotopic (exact) mass is 634 g/mol. The van der Waals surface area contributed by atoms with Crippen LogP contribution in [0.2, 0.25) is 0 Å². The van der Waals surface area contributed by atoms with E-state index in [4.69, 9.17) is 23.8 Å². The van der Waals surface area contributed by atoms with Gasteiger partial charge in [0.05, 0.1) is 17.9 Å². The number of halogens is 2. The van der Waals surface area contributed by atoms with E-state index in [1.807, 2.05) is 6.92 Å². The molecule has 5 rings (SSSR count). The molecule has 1 saturated carbocycles. The largest absolute Gasteiger partial charge is 0.462 e. The molecule has 9 atom stereocenters. The van der Waals surface area contributed by atoms with Gasteiger partial charge in [-0.25, -0.2) is 8.78 Å². The van der Waals surface area contributed by atoms with Crippen molar-refractivity contribution in [3.8, 4) is 5.75 Å². The molecule has 14 heteroatoms. The number of aliphatic hydroxyl groups is 4. The van der Waals surface area contributed by atoms with Crippen LogP contribution in [0.3, 0.4) is 0 Å². The number of ether oxygens (including phenoxy) is 4. The first kappa shape index (κ1) is 32.9. The fourth-order valence-corrected chi connectivity index (χ4v) is 5.48. The Hall–Kier alpha value is -3.50. The van der Waals surface area contributed by atoms with Crippen molar-refractivity contribution in [2.24, 2.45) is 5.16 Å². The van der Waals surface area contributed by atoms with Crippen molar-refractivity contribution >= 4 is 17.7 Å². The summed E-state index contributed by atoms with van der Waals surface area (Å²) in [5.74, 6) is -1.89. The van der Waals surface area contributed by atoms with Gasteiger partial charge in [0.2, 0.25) is 12.2 Å². The summed E-state index contributed by atoms with van der Waals surface area (Å²) in [4.78, 5) is 18.2. The summed E-state index contributed by atoms with van der Waals surface area (Å²) in [6.07, 6.45) is -6.96. The minimum atomic E-state index is -1.50. The summed E-state index contributed by atoms with van der Waals surface area (Å²) in [6.45, 7) is 3.23. The van der Waals surface area contributed by atoms with E-state index >= 15 is 4.39 Å². The molecule has 1 amide bonds. The van der Waals surface area contributed by atoms with Crippen molar-refractivity contribution in [3.05, 3.63) is 70.8 Å². The van der Waals surface area contributed by atoms with Crippen molar-refractivity contribution in [1.29, 1.82) is 0 Å². The number of amides is 1. The van der Waals surface area contributed by atoms with Gasteiger partial charge in [-0.15, -0.1) is 0 Å². The lowest BCUT2D eigenvalue weighted by Gasteiger charge is -2.41. The first-order valence-corrected chi connectivity index (χ1v) is 14.5. The van der Waals surface area contributed by atoms with Crippen molar-refractivity contribution in [2.45, 2.75) is 88.4 Å². The van der Waals surface area contributed by atoms with Gasteiger partial charge in [-0.1, -0.05) is 30.3 Å². The number of oxime groups is 1. The zero-order valence-corrected chi connectivity index (χ0v) is 24.6. The number of carbonyl (C=O) groups excluding carboxylic acids is 1. The van der Waals surface area contributed by atoms with Crippen LogP contribution in [0.5, 0.6) is 5.75 Å². The zero-order valence-electron chi connectivity index (χ0n) is 24.6. The van der Waals surface area contributed by atoms with Gasteiger partial charge in [-0.3, -0.25) is 4.79 Å². The number of hydrogen-bond acceptors (Lipinski definition) is 11. The van der Waals surface area contributed by atoms with Gasteiger partial charge in [-0.2, -0.15) is 0 Å². The molecule has 45 heavy (non-hydrogen) atoms. The second-order valence-electron chi connectivity index (χ2n) is 11.1. The van der Waals surface area contributed by atoms with Crippen molar-refractivity contribution in [2.75, 3.05) is 6.79 Å². The average Bonchev–Trinajstić information content (AvgIpc) is 3.66. The highest BCUT2D eigenvalue weighted by atomic mass is 19.1. The maximum atomic E-state index is 15.0. The Balaban J connectivity index is 1.17. The fraction of sp³-hybridized carbons (Fsp3) is 0.484. The van der Waals surface area contributed by atoms with Crippen LogP contribution in [0.1, 0.15) is 37.8 Å². The number of rotatable bonds is 10. The van der Waals surface area contributed by atoms with Crippen LogP contribution in [-0.4, -0.2) is 93.9 Å². The van der Waals surface area contributed by atoms with E-state index in [-0.39, 0.29) is 37.0 Å². The van der Waals surface area contributed by atoms with Crippen LogP contribution in [-0.2, 0) is 30.4 Å². The van der Waals surface area contributed by atoms with Crippen molar-refractivity contribution in [3.63, 3.8) is 0 Å². The summed E-state index contributed by atoms with van der Waals surface area (Å²) >= 11 is 0. The highest BCUT2D eigenvalue weighted by Gasteiger charge is 2.53. The Labute approximate surface area is 257 Å². The number of nitrogens with one attached hydrogen (secondary N) is 1. The Kier molecular flexibility index (Phi) is 10.4. The summed E-state index contributed by atoms with van der Waals surface area (Å²) < 4.78 is 50.1. The van der Waals surface area contributed by atoms with Gasteiger partial charge in [-0.05, 0) is 54.8 Å². The molecular formula is C31H36F2N2O10. The zero-order chi connectivity index (χ0) is 32.2. The van der Waals surface area contributed by atoms with Crippen LogP contribution in [0, 0.1) is 11.6 Å². The topological polar surface area (TPSA) is 169 Å². The maximum Gasteiger partial charge on any atom is 0.247 e. The third-order valence-electron chi connectivity index (χ3n) is 7.96. The Bertz CT molecular complexity index is 1410. The summed E-state index contributed by atoms with van der Waals surface area (Å²) in [7, 11) is 0. The van der Waals surface area contributed by atoms with E-state index in [0.29, 0.717) is 23.3 Å². The molecule has 244 valence electrons. The Morgan fingerprint density at radius 2 is 1.76 bits per heavy atom. The second kappa shape index (κ2) is 14.3. The van der Waals surface area contributed by atoms with Crippen LogP contribution >= 0.6 is 0 Å². The molecule has 1 aliphatic carbocycles. The molecule has 2 aromatic carbocycles. The lowest BCUT2D eigenvalue weighted by Crippen LogP contribution is -2.67. The third-order valence-corrected chi connectivity index (χ3v) is 7.96. The molecule has 2 aliphatic heterocycles. The smallest absolute Gasteiger partial charge is 0.247 e. The molecule has 5 N–H and O–H groups in total. The summed E-state index contributed by atoms with van der Waals surface area (Å²) in [5, 5.41) is 48.5. The second-order valence-corrected chi connectivity index (χ2v) is 11.1. The van der Waals surface area contributed by atoms with Crippen molar-refractivity contribution < 1.29 is 57.8 Å². The van der Waals surface area contributed by atoms with E-state index in [1.54, 1.807) is 12.1 Å². The standard InChI is InChI=1S/C31H36F2N2O10/c1-3-20(35-43-13-16-4-7-18(32)8-5-16)28-21(36)12-23(45-28)44-22-9-6-17(11-19(22)33)10-15(2)31(40)34-24-25(37)27(39)30-29(26(24)38)41-14-42-30/h4-11,21,23-30,36-39H,3,12-14H2,1-2H3,(H,34,40)/b15-10+,35-20+/t21-,23+,24+,25-,26+,27+,28+,29-,30+/m0/s1. The Morgan fingerprint density at radius 1 is 1.04 bits per heavy atom. The van der Waals surface area contributed by atoms with Crippen LogP contribution in [0.15, 0.2) is 53.2 Å². The molecule has 0 bridgehead atoms. The predicted molar refractivity (Wildman–Crippen MR) is 153 cm³/mol. The van der Waals surface area contributed by atoms with E-state index in [1.165, 1.54) is 37.3 Å². The molecule has 12 nitrogen and oxygen atoms in total. The molecule has 0 aromatic heterocycles. The predicted octanol–water partition coefficient (Wildman–Crippen LogP) is 1.53. The van der Waals surface area contributed by atoms with E-state index in [9.17, 15) is 29.6 Å². The first-order valence-electron chi connectivity index (χ1n) is 14.5. The number of benzene rings is 2. The lowest BCUT2D eigenvalue weighted by molar-refractivity contribution is -0.155. The molecule has 2 aromatic rings. The lowest BCUT2D eigenvalue weighted by atomic mass is 9.83. The summed E-state index contributed by atoms with van der Waals surface area (Å²) in [5.41, 5.74) is 1.61. The molecular weight excluding hydrogens is 598 g/mol. The van der Waals surface area contributed by atoms with Gasteiger partial charge in [0.15, 0.2) is 11.6 Å². The Morgan fingerprint density at radius 3 is 2.44 bits per heavy atom. The number of nitrogens with zero attached hydrogens (tertiary/aromatic N) is 1. The van der Waals surface area contributed by atoms with Gasteiger partial charge in [0.1, 0.15) is 55.8 Å². The molecule has 2 saturated heterocycles. The number of carbonyl (C=O) groups is 1. The van der Waals surface area contributed by atoms with Crippen LogP contribution in [0.4, 0.5) is 8.78 Å². The normalized spacial score (nSPS) is 31.9. The highest BCUT2D eigenvalue weighted by Crippen LogP contribution is 2.31. The molecule has 0 unspecified atom stereocenters. The van der Waals surface area contributed by atoms with Crippen LogP contribution in [0.25, 0.3) is 6.08 Å². The minimum absolute atomic E-state index is 0.0500. The van der Waals surface area contributed by atoms with Crippen molar-refractivity contribution in [1.82, 2.24) is 5.32 Å². The van der Waals surface area contributed by atoms with Gasteiger partial charge in [0.25, 0.3) is 0 Å². The van der Waals surface area contributed by atoms with Gasteiger partial charge >= 0.3 is 0 Å². The molecule has 0 spiro atoms.